The Balaban J connectivity index is 1.31. The van der Waals surface area contributed by atoms with Crippen molar-refractivity contribution >= 4 is 28.2 Å². The van der Waals surface area contributed by atoms with Crippen LogP contribution >= 0.6 is 0 Å². The second-order valence-corrected chi connectivity index (χ2v) is 14.8. The number of morpholine rings is 2. The summed E-state index contributed by atoms with van der Waals surface area (Å²) in [7, 11) is 3.54. The number of benzene rings is 4. The van der Waals surface area contributed by atoms with E-state index in [0.717, 1.165) is 99.0 Å². The molecule has 5 aliphatic rings. The normalized spacial score (nSPS) is 21.7. The third kappa shape index (κ3) is 5.30. The summed E-state index contributed by atoms with van der Waals surface area (Å²) in [6.45, 7) is 11.1. The molecule has 0 spiro atoms. The molecule has 0 saturated carbocycles. The Bertz CT molecular complexity index is 2130. The first-order chi connectivity index (χ1) is 26.0. The third-order valence-electron chi connectivity index (χ3n) is 12.6. The van der Waals surface area contributed by atoms with Crippen LogP contribution in [0, 0.1) is 0 Å². The second-order valence-electron chi connectivity index (χ2n) is 14.8. The van der Waals surface area contributed by atoms with Gasteiger partial charge in [-0.25, -0.2) is 0 Å². The number of allylic oxidation sites excluding steroid dienone is 3. The molecule has 2 fully saturated rings. The minimum absolute atomic E-state index is 0.142. The Labute approximate surface area is 313 Å². The fraction of sp³-hybridized carbons (Fsp3) is 0.391. The quantitative estimate of drug-likeness (QED) is 0.181. The van der Waals surface area contributed by atoms with Crippen LogP contribution in [0.5, 0.6) is 11.5 Å². The Morgan fingerprint density at radius 1 is 0.755 bits per heavy atom. The van der Waals surface area contributed by atoms with Gasteiger partial charge in [-0.3, -0.25) is 0 Å². The Hall–Kier alpha value is -4.72. The maximum atomic E-state index is 7.76. The topological polar surface area (TPSA) is 52.6 Å². The molecule has 0 bridgehead atoms. The van der Waals surface area contributed by atoms with E-state index in [0.29, 0.717) is 13.2 Å². The third-order valence-corrected chi connectivity index (χ3v) is 12.6. The molecule has 0 radical (unpaired) electrons. The van der Waals surface area contributed by atoms with Gasteiger partial charge in [-0.05, 0) is 88.9 Å². The standard InChI is InChI=1S/C46H50N2O5/c1-5-45(6-2)39-10-8-7-9-35(39)42-37-29-40(48-23-27-52-28-24-48)41(50-4)30-38(37)44-36(43(42)45)19-20-46(53-44,32-13-17-34(49-3)18-14-32)31-11-15-33(16-12-31)47-21-25-51-26-22-47/h7-13,15-17,19-20,29-30H,5-6,14,18,21-28H2,1-4H3. The molecule has 7 heteroatoms. The molecule has 9 rings (SSSR count). The van der Waals surface area contributed by atoms with E-state index in [-0.39, 0.29) is 5.41 Å². The molecule has 2 aliphatic carbocycles. The molecule has 1 atom stereocenters. The monoisotopic (exact) mass is 710 g/mol. The van der Waals surface area contributed by atoms with Crippen LogP contribution in [-0.2, 0) is 25.2 Å². The molecule has 7 nitrogen and oxygen atoms in total. The molecule has 0 aromatic heterocycles. The van der Waals surface area contributed by atoms with Gasteiger partial charge < -0.3 is 33.5 Å². The zero-order valence-electron chi connectivity index (χ0n) is 31.5. The highest BCUT2D eigenvalue weighted by molar-refractivity contribution is 6.10. The van der Waals surface area contributed by atoms with Gasteiger partial charge in [0.1, 0.15) is 11.5 Å². The van der Waals surface area contributed by atoms with E-state index >= 15 is 0 Å². The number of nitrogens with zero attached hydrogens (tertiary/aromatic N) is 2. The smallest absolute Gasteiger partial charge is 0.174 e. The van der Waals surface area contributed by atoms with Crippen molar-refractivity contribution < 1.29 is 23.7 Å². The number of hydrogen-bond acceptors (Lipinski definition) is 7. The molecule has 2 saturated heterocycles. The predicted molar refractivity (Wildman–Crippen MR) is 214 cm³/mol. The van der Waals surface area contributed by atoms with E-state index in [1.54, 1.807) is 14.2 Å². The zero-order chi connectivity index (χ0) is 36.2. The zero-order valence-corrected chi connectivity index (χ0v) is 31.5. The number of anilines is 2. The summed E-state index contributed by atoms with van der Waals surface area (Å²) in [5, 5.41) is 2.29. The Morgan fingerprint density at radius 2 is 1.47 bits per heavy atom. The van der Waals surface area contributed by atoms with Gasteiger partial charge in [0.2, 0.25) is 0 Å². The summed E-state index contributed by atoms with van der Waals surface area (Å²) in [6.07, 6.45) is 12.7. The van der Waals surface area contributed by atoms with Gasteiger partial charge >= 0.3 is 0 Å². The molecule has 274 valence electrons. The van der Waals surface area contributed by atoms with E-state index in [2.05, 4.69) is 109 Å². The maximum absolute atomic E-state index is 7.76. The number of methoxy groups -OCH3 is 2. The van der Waals surface area contributed by atoms with Crippen molar-refractivity contribution in [2.75, 3.05) is 76.6 Å². The van der Waals surface area contributed by atoms with Crippen molar-refractivity contribution in [1.29, 1.82) is 0 Å². The summed E-state index contributed by atoms with van der Waals surface area (Å²) in [6, 6.07) is 22.7. The Kier molecular flexibility index (Phi) is 8.75. The molecule has 0 amide bonds. The van der Waals surface area contributed by atoms with Gasteiger partial charge in [-0.15, -0.1) is 0 Å². The average molecular weight is 711 g/mol. The second kappa shape index (κ2) is 13.6. The minimum atomic E-state index is -0.809. The summed E-state index contributed by atoms with van der Waals surface area (Å²) in [5.41, 5.74) is 10.3. The van der Waals surface area contributed by atoms with Gasteiger partial charge in [0.25, 0.3) is 0 Å². The number of ether oxygens (including phenoxy) is 5. The van der Waals surface area contributed by atoms with Gasteiger partial charge in [-0.2, -0.15) is 0 Å². The molecular weight excluding hydrogens is 661 g/mol. The molecule has 53 heavy (non-hydrogen) atoms. The Morgan fingerprint density at radius 3 is 2.13 bits per heavy atom. The fourth-order valence-corrected chi connectivity index (χ4v) is 9.74. The maximum Gasteiger partial charge on any atom is 0.174 e. The number of hydrogen-bond donors (Lipinski definition) is 0. The van der Waals surface area contributed by atoms with Gasteiger partial charge in [0.15, 0.2) is 5.60 Å². The van der Waals surface area contributed by atoms with Crippen LogP contribution < -0.4 is 19.3 Å². The summed E-state index contributed by atoms with van der Waals surface area (Å²) < 4.78 is 31.1. The molecule has 4 aromatic carbocycles. The largest absolute Gasteiger partial charge is 0.501 e. The van der Waals surface area contributed by atoms with Crippen LogP contribution in [-0.4, -0.2) is 66.8 Å². The summed E-state index contributed by atoms with van der Waals surface area (Å²) >= 11 is 0. The molecule has 4 aromatic rings. The van der Waals surface area contributed by atoms with Crippen LogP contribution in [0.2, 0.25) is 0 Å². The number of fused-ring (bicyclic) bond motifs is 8. The summed E-state index contributed by atoms with van der Waals surface area (Å²) in [5.74, 6) is 2.77. The van der Waals surface area contributed by atoms with Crippen molar-refractivity contribution in [1.82, 2.24) is 0 Å². The van der Waals surface area contributed by atoms with Crippen LogP contribution in [0.3, 0.4) is 0 Å². The molecule has 0 N–H and O–H groups in total. The van der Waals surface area contributed by atoms with E-state index in [1.807, 2.05) is 0 Å². The van der Waals surface area contributed by atoms with E-state index in [1.165, 1.54) is 44.5 Å². The molecule has 1 unspecified atom stereocenters. The van der Waals surface area contributed by atoms with Crippen molar-refractivity contribution in [2.24, 2.45) is 0 Å². The van der Waals surface area contributed by atoms with Gasteiger partial charge in [-0.1, -0.05) is 62.4 Å². The van der Waals surface area contributed by atoms with Crippen LogP contribution in [0.25, 0.3) is 28.0 Å². The molecule has 3 aliphatic heterocycles. The summed E-state index contributed by atoms with van der Waals surface area (Å²) in [4.78, 5) is 4.82. The van der Waals surface area contributed by atoms with Crippen molar-refractivity contribution in [3.05, 3.63) is 112 Å². The SMILES string of the molecule is CCC1(CC)c2ccccc2-c2c1c1c(c3cc(OC)c(N4CCOCC4)cc23)OC(C2=CC=C(OC)CC2)(c2ccc(N3CCOCC3)cc2)C=C1. The lowest BCUT2D eigenvalue weighted by Crippen LogP contribution is -2.38. The first-order valence-corrected chi connectivity index (χ1v) is 19.5. The highest BCUT2D eigenvalue weighted by Gasteiger charge is 2.47. The lowest BCUT2D eigenvalue weighted by atomic mass is 9.70. The van der Waals surface area contributed by atoms with E-state index in [4.69, 9.17) is 23.7 Å². The van der Waals surface area contributed by atoms with Gasteiger partial charge in [0, 0.05) is 60.2 Å². The lowest BCUT2D eigenvalue weighted by molar-refractivity contribution is 0.122. The number of rotatable bonds is 8. The van der Waals surface area contributed by atoms with E-state index < -0.39 is 5.60 Å². The van der Waals surface area contributed by atoms with Crippen molar-refractivity contribution in [2.45, 2.75) is 50.5 Å². The van der Waals surface area contributed by atoms with Crippen LogP contribution in [0.1, 0.15) is 61.8 Å². The minimum Gasteiger partial charge on any atom is -0.501 e. The van der Waals surface area contributed by atoms with Gasteiger partial charge in [0.05, 0.1) is 52.1 Å². The molecular formula is C46H50N2O5. The lowest BCUT2D eigenvalue weighted by Gasteiger charge is -2.41. The fourth-order valence-electron chi connectivity index (χ4n) is 9.74. The molecule has 3 heterocycles. The highest BCUT2D eigenvalue weighted by Crippen LogP contribution is 2.61. The average Bonchev–Trinajstić information content (AvgIpc) is 3.54. The first kappa shape index (κ1) is 34.1. The van der Waals surface area contributed by atoms with Crippen LogP contribution in [0.4, 0.5) is 11.4 Å². The van der Waals surface area contributed by atoms with E-state index in [9.17, 15) is 0 Å². The predicted octanol–water partition coefficient (Wildman–Crippen LogP) is 9.16. The van der Waals surface area contributed by atoms with Crippen molar-refractivity contribution in [3.63, 3.8) is 0 Å². The van der Waals surface area contributed by atoms with Crippen molar-refractivity contribution in [3.8, 4) is 22.6 Å². The van der Waals surface area contributed by atoms with Crippen LogP contribution in [0.15, 0.2) is 90.2 Å². The highest BCUT2D eigenvalue weighted by atomic mass is 16.5. The first-order valence-electron chi connectivity index (χ1n) is 19.5.